The van der Waals surface area contributed by atoms with Gasteiger partial charge in [-0.3, -0.25) is 10.1 Å². The number of imide groups is 1. The van der Waals surface area contributed by atoms with Gasteiger partial charge in [0, 0.05) is 5.56 Å². The number of hydrogen-bond donors (Lipinski definition) is 2. The van der Waals surface area contributed by atoms with Crippen molar-refractivity contribution in [1.82, 2.24) is 10.6 Å². The van der Waals surface area contributed by atoms with Gasteiger partial charge in [-0.2, -0.15) is 0 Å². The minimum Gasteiger partial charge on any atom is -0.489 e. The molecule has 106 valence electrons. The van der Waals surface area contributed by atoms with E-state index in [-0.39, 0.29) is 5.91 Å². The fraction of sp³-hybridized carbons (Fsp3) is 0.125. The summed E-state index contributed by atoms with van der Waals surface area (Å²) in [5.41, 5.74) is 1.68. The van der Waals surface area contributed by atoms with Crippen LogP contribution in [-0.4, -0.2) is 11.9 Å². The Morgan fingerprint density at radius 2 is 1.67 bits per heavy atom. The number of nitrogens with one attached hydrogen (secondary N) is 2. The Morgan fingerprint density at radius 3 is 2.38 bits per heavy atom. The fourth-order valence-corrected chi connectivity index (χ4v) is 2.22. The van der Waals surface area contributed by atoms with Gasteiger partial charge in [0.05, 0.1) is 0 Å². The summed E-state index contributed by atoms with van der Waals surface area (Å²) in [6, 6.07) is 15.8. The van der Waals surface area contributed by atoms with Crippen LogP contribution in [0.3, 0.4) is 0 Å². The van der Waals surface area contributed by atoms with Crippen molar-refractivity contribution in [2.75, 3.05) is 0 Å². The van der Waals surface area contributed by atoms with Crippen molar-refractivity contribution < 1.29 is 14.3 Å². The normalized spacial score (nSPS) is 17.2. The van der Waals surface area contributed by atoms with Crippen LogP contribution in [0.1, 0.15) is 17.2 Å². The van der Waals surface area contributed by atoms with Gasteiger partial charge in [0.15, 0.2) is 0 Å². The maximum absolute atomic E-state index is 11.8. The van der Waals surface area contributed by atoms with Gasteiger partial charge in [-0.25, -0.2) is 4.79 Å². The fourth-order valence-electron chi connectivity index (χ4n) is 2.22. The summed E-state index contributed by atoms with van der Waals surface area (Å²) in [7, 11) is 0. The maximum atomic E-state index is 11.8. The highest BCUT2D eigenvalue weighted by Crippen LogP contribution is 2.27. The van der Waals surface area contributed by atoms with E-state index in [0.717, 1.165) is 5.56 Å². The summed E-state index contributed by atoms with van der Waals surface area (Å²) in [4.78, 5) is 23.0. The third-order valence-electron chi connectivity index (χ3n) is 3.24. The van der Waals surface area contributed by atoms with Crippen LogP contribution in [0.15, 0.2) is 54.6 Å². The molecule has 1 fully saturated rings. The SMILES string of the molecule is O=C1NC(=O)C(c2ccccc2OCc2ccccc2)N1. The van der Waals surface area contributed by atoms with E-state index < -0.39 is 12.1 Å². The number of hydrogen-bond acceptors (Lipinski definition) is 3. The number of rotatable bonds is 4. The van der Waals surface area contributed by atoms with Crippen LogP contribution in [0.4, 0.5) is 4.79 Å². The van der Waals surface area contributed by atoms with E-state index in [4.69, 9.17) is 4.74 Å². The van der Waals surface area contributed by atoms with Gasteiger partial charge >= 0.3 is 6.03 Å². The third kappa shape index (κ3) is 2.86. The molecule has 1 saturated heterocycles. The molecule has 1 aliphatic heterocycles. The van der Waals surface area contributed by atoms with Crippen LogP contribution in [0, 0.1) is 0 Å². The average molecular weight is 282 g/mol. The summed E-state index contributed by atoms with van der Waals surface area (Å²) >= 11 is 0. The summed E-state index contributed by atoms with van der Waals surface area (Å²) in [5, 5.41) is 4.80. The highest BCUT2D eigenvalue weighted by Gasteiger charge is 2.32. The second-order valence-corrected chi connectivity index (χ2v) is 4.71. The van der Waals surface area contributed by atoms with Gasteiger partial charge in [0.2, 0.25) is 0 Å². The monoisotopic (exact) mass is 282 g/mol. The molecule has 0 bridgehead atoms. The zero-order valence-electron chi connectivity index (χ0n) is 11.2. The first-order valence-electron chi connectivity index (χ1n) is 6.61. The number of benzene rings is 2. The smallest absolute Gasteiger partial charge is 0.322 e. The van der Waals surface area contributed by atoms with Crippen molar-refractivity contribution in [2.24, 2.45) is 0 Å². The number of amides is 3. The molecule has 2 aromatic rings. The molecular weight excluding hydrogens is 268 g/mol. The lowest BCUT2D eigenvalue weighted by Crippen LogP contribution is -2.22. The lowest BCUT2D eigenvalue weighted by molar-refractivity contribution is -0.120. The van der Waals surface area contributed by atoms with E-state index in [0.29, 0.717) is 17.9 Å². The van der Waals surface area contributed by atoms with E-state index in [1.54, 1.807) is 12.1 Å². The zero-order chi connectivity index (χ0) is 14.7. The standard InChI is InChI=1S/C16H14N2O3/c19-15-14(17-16(20)18-15)12-8-4-5-9-13(12)21-10-11-6-2-1-3-7-11/h1-9,14H,10H2,(H2,17,18,19,20). The molecule has 3 amide bonds. The van der Waals surface area contributed by atoms with Crippen LogP contribution in [0.5, 0.6) is 5.75 Å². The molecule has 2 aromatic carbocycles. The van der Waals surface area contributed by atoms with Crippen LogP contribution in [0.2, 0.25) is 0 Å². The highest BCUT2D eigenvalue weighted by atomic mass is 16.5. The predicted octanol–water partition coefficient (Wildman–Crippen LogP) is 2.15. The molecule has 1 atom stereocenters. The van der Waals surface area contributed by atoms with Crippen molar-refractivity contribution in [2.45, 2.75) is 12.6 Å². The van der Waals surface area contributed by atoms with E-state index in [1.807, 2.05) is 42.5 Å². The second kappa shape index (κ2) is 5.66. The predicted molar refractivity (Wildman–Crippen MR) is 76.6 cm³/mol. The molecule has 0 saturated carbocycles. The first-order chi connectivity index (χ1) is 10.2. The van der Waals surface area contributed by atoms with Crippen LogP contribution < -0.4 is 15.4 Å². The molecule has 5 heteroatoms. The largest absolute Gasteiger partial charge is 0.489 e. The second-order valence-electron chi connectivity index (χ2n) is 4.71. The number of urea groups is 1. The molecule has 0 spiro atoms. The van der Waals surface area contributed by atoms with Gasteiger partial charge in [0.25, 0.3) is 5.91 Å². The van der Waals surface area contributed by atoms with Gasteiger partial charge in [-0.1, -0.05) is 48.5 Å². The zero-order valence-corrected chi connectivity index (χ0v) is 11.2. The molecule has 21 heavy (non-hydrogen) atoms. The van der Waals surface area contributed by atoms with E-state index in [2.05, 4.69) is 10.6 Å². The molecule has 2 N–H and O–H groups in total. The van der Waals surface area contributed by atoms with E-state index in [9.17, 15) is 9.59 Å². The molecule has 1 aliphatic rings. The van der Waals surface area contributed by atoms with E-state index in [1.165, 1.54) is 0 Å². The number of para-hydroxylation sites is 1. The van der Waals surface area contributed by atoms with Gasteiger partial charge in [-0.15, -0.1) is 0 Å². The summed E-state index contributed by atoms with van der Waals surface area (Å²) < 4.78 is 5.79. The minimum absolute atomic E-state index is 0.365. The van der Waals surface area contributed by atoms with Gasteiger partial charge in [-0.05, 0) is 11.6 Å². The Bertz CT molecular complexity index is 670. The Morgan fingerprint density at radius 1 is 0.952 bits per heavy atom. The third-order valence-corrected chi connectivity index (χ3v) is 3.24. The molecular formula is C16H14N2O3. The van der Waals surface area contributed by atoms with Crippen molar-refractivity contribution in [3.05, 3.63) is 65.7 Å². The first-order valence-corrected chi connectivity index (χ1v) is 6.61. The average Bonchev–Trinajstić information content (AvgIpc) is 2.85. The van der Waals surface area contributed by atoms with Crippen LogP contribution in [-0.2, 0) is 11.4 Å². The first kappa shape index (κ1) is 13.2. The number of carbonyl (C=O) groups excluding carboxylic acids is 2. The molecule has 1 unspecified atom stereocenters. The van der Waals surface area contributed by atoms with Crippen LogP contribution >= 0.6 is 0 Å². The molecule has 1 heterocycles. The molecule has 0 radical (unpaired) electrons. The number of ether oxygens (including phenoxy) is 1. The van der Waals surface area contributed by atoms with Crippen molar-refractivity contribution >= 4 is 11.9 Å². The highest BCUT2D eigenvalue weighted by molar-refractivity contribution is 6.04. The van der Waals surface area contributed by atoms with Crippen molar-refractivity contribution in [3.63, 3.8) is 0 Å². The van der Waals surface area contributed by atoms with Crippen molar-refractivity contribution in [3.8, 4) is 5.75 Å². The van der Waals surface area contributed by atoms with Crippen LogP contribution in [0.25, 0.3) is 0 Å². The summed E-state index contributed by atoms with van der Waals surface area (Å²) in [6.07, 6.45) is 0. The summed E-state index contributed by atoms with van der Waals surface area (Å²) in [5.74, 6) is 0.222. The van der Waals surface area contributed by atoms with Gasteiger partial charge in [0.1, 0.15) is 18.4 Å². The lowest BCUT2D eigenvalue weighted by Gasteiger charge is -2.14. The Kier molecular flexibility index (Phi) is 3.55. The van der Waals surface area contributed by atoms with Crippen molar-refractivity contribution in [1.29, 1.82) is 0 Å². The lowest BCUT2D eigenvalue weighted by atomic mass is 10.1. The Hall–Kier alpha value is -2.82. The molecule has 0 aliphatic carbocycles. The molecule has 0 aromatic heterocycles. The Balaban J connectivity index is 1.80. The Labute approximate surface area is 121 Å². The summed E-state index contributed by atoms with van der Waals surface area (Å²) in [6.45, 7) is 0.403. The molecule has 5 nitrogen and oxygen atoms in total. The topological polar surface area (TPSA) is 67.4 Å². The maximum Gasteiger partial charge on any atom is 0.322 e. The number of carbonyl (C=O) groups is 2. The van der Waals surface area contributed by atoms with Gasteiger partial charge < -0.3 is 10.1 Å². The van der Waals surface area contributed by atoms with E-state index >= 15 is 0 Å². The molecule has 3 rings (SSSR count). The minimum atomic E-state index is -0.704. The quantitative estimate of drug-likeness (QED) is 0.844.